The van der Waals surface area contributed by atoms with Crippen molar-refractivity contribution in [2.45, 2.75) is 58.2 Å². The van der Waals surface area contributed by atoms with Gasteiger partial charge in [-0.3, -0.25) is 4.79 Å². The molecule has 3 amide bonds. The van der Waals surface area contributed by atoms with Gasteiger partial charge in [0.1, 0.15) is 5.82 Å². The largest absolute Gasteiger partial charge is 0.437 e. The van der Waals surface area contributed by atoms with Crippen LogP contribution in [0.5, 0.6) is 0 Å². The molecule has 10 nitrogen and oxygen atoms in total. The number of anilines is 3. The lowest BCUT2D eigenvalue weighted by molar-refractivity contribution is -0.141. The van der Waals surface area contributed by atoms with Gasteiger partial charge in [0.2, 0.25) is 5.76 Å². The van der Waals surface area contributed by atoms with Gasteiger partial charge in [0.05, 0.1) is 11.9 Å². The zero-order valence-corrected chi connectivity index (χ0v) is 21.9. The Labute approximate surface area is 219 Å². The van der Waals surface area contributed by atoms with Crippen molar-refractivity contribution in [2.24, 2.45) is 0 Å². The number of piperidine rings is 1. The molecule has 2 aromatic heterocycles. The van der Waals surface area contributed by atoms with Gasteiger partial charge in [-0.1, -0.05) is 6.92 Å². The first-order chi connectivity index (χ1) is 18.0. The van der Waals surface area contributed by atoms with Crippen molar-refractivity contribution in [3.63, 3.8) is 0 Å². The second kappa shape index (κ2) is 11.1. The Morgan fingerprint density at radius 1 is 1.00 bits per heavy atom. The van der Waals surface area contributed by atoms with E-state index < -0.39 is 23.5 Å². The minimum atomic E-state index is -4.84. The number of piperazine rings is 1. The number of amides is 3. The van der Waals surface area contributed by atoms with Gasteiger partial charge in [-0.25, -0.2) is 9.78 Å². The van der Waals surface area contributed by atoms with Crippen molar-refractivity contribution in [1.29, 1.82) is 0 Å². The van der Waals surface area contributed by atoms with E-state index in [1.807, 2.05) is 25.7 Å². The van der Waals surface area contributed by atoms with Crippen LogP contribution in [0.4, 0.5) is 35.5 Å². The zero-order valence-electron chi connectivity index (χ0n) is 21.9. The van der Waals surface area contributed by atoms with Crippen LogP contribution >= 0.6 is 0 Å². The lowest BCUT2D eigenvalue weighted by Crippen LogP contribution is -2.55. The van der Waals surface area contributed by atoms with Crippen LogP contribution in [0.1, 0.15) is 62.7 Å². The quantitative estimate of drug-likeness (QED) is 0.564. The molecule has 208 valence electrons. The number of carbonyl (C=O) groups is 2. The number of pyridine rings is 1. The van der Waals surface area contributed by atoms with Crippen LogP contribution in [0.25, 0.3) is 0 Å². The third-order valence-corrected chi connectivity index (χ3v) is 6.94. The normalized spacial score (nSPS) is 16.9. The van der Waals surface area contributed by atoms with Crippen LogP contribution < -0.4 is 20.4 Å². The highest BCUT2D eigenvalue weighted by atomic mass is 19.4. The van der Waals surface area contributed by atoms with E-state index in [1.165, 1.54) is 6.20 Å². The Kier molecular flexibility index (Phi) is 8.02. The summed E-state index contributed by atoms with van der Waals surface area (Å²) in [5.74, 6) is -1.28. The highest BCUT2D eigenvalue weighted by Gasteiger charge is 2.42. The van der Waals surface area contributed by atoms with Gasteiger partial charge in [0, 0.05) is 44.8 Å². The second-order valence-electron chi connectivity index (χ2n) is 10.2. The standard InChI is InChI=1S/C25H34F3N7O3/c1-4-24(2,3)32-22(37)34-14-12-33(13-15-34)18-9-8-17(16-29-18)30-21(36)19-20(25(26,27)28)31-23(38-19)35-10-6-5-7-11-35/h8-9,16H,4-7,10-15H2,1-3H3,(H,30,36)(H,32,37). The average Bonchev–Trinajstić information content (AvgIpc) is 3.36. The summed E-state index contributed by atoms with van der Waals surface area (Å²) in [7, 11) is 0. The van der Waals surface area contributed by atoms with Crippen molar-refractivity contribution >= 4 is 29.5 Å². The summed E-state index contributed by atoms with van der Waals surface area (Å²) < 4.78 is 46.1. The Morgan fingerprint density at radius 3 is 2.26 bits per heavy atom. The topological polar surface area (TPSA) is 107 Å². The first-order valence-electron chi connectivity index (χ1n) is 12.9. The van der Waals surface area contributed by atoms with Crippen molar-refractivity contribution in [3.8, 4) is 0 Å². The minimum absolute atomic E-state index is 0.100. The van der Waals surface area contributed by atoms with E-state index >= 15 is 0 Å². The number of nitrogens with one attached hydrogen (secondary N) is 2. The lowest BCUT2D eigenvalue weighted by Gasteiger charge is -2.37. The summed E-state index contributed by atoms with van der Waals surface area (Å²) in [6, 6.07) is 2.95. The van der Waals surface area contributed by atoms with E-state index in [0.717, 1.165) is 25.7 Å². The van der Waals surface area contributed by atoms with Crippen LogP contribution in [0.3, 0.4) is 0 Å². The predicted molar refractivity (Wildman–Crippen MR) is 136 cm³/mol. The van der Waals surface area contributed by atoms with Crippen LogP contribution in [0, 0.1) is 0 Å². The lowest BCUT2D eigenvalue weighted by atomic mass is 10.0. The summed E-state index contributed by atoms with van der Waals surface area (Å²) in [5, 5.41) is 5.46. The number of oxazole rings is 1. The first kappa shape index (κ1) is 27.5. The fourth-order valence-corrected chi connectivity index (χ4v) is 4.31. The van der Waals surface area contributed by atoms with E-state index in [-0.39, 0.29) is 23.3 Å². The third kappa shape index (κ3) is 6.48. The predicted octanol–water partition coefficient (Wildman–Crippen LogP) is 4.35. The molecule has 2 aromatic rings. The molecule has 2 N–H and O–H groups in total. The van der Waals surface area contributed by atoms with Crippen LogP contribution in [-0.2, 0) is 6.18 Å². The number of aromatic nitrogens is 2. The number of hydrogen-bond donors (Lipinski definition) is 2. The molecule has 4 heterocycles. The highest BCUT2D eigenvalue weighted by molar-refractivity contribution is 6.03. The Bertz CT molecular complexity index is 1120. The summed E-state index contributed by atoms with van der Waals surface area (Å²) in [5.41, 5.74) is -1.40. The molecular formula is C25H34F3N7O3. The smallest absolute Gasteiger partial charge is 0.417 e. The van der Waals surface area contributed by atoms with Crippen molar-refractivity contribution in [2.75, 3.05) is 54.4 Å². The molecule has 0 bridgehead atoms. The third-order valence-electron chi connectivity index (χ3n) is 6.94. The van der Waals surface area contributed by atoms with Crippen LogP contribution in [-0.4, -0.2) is 71.6 Å². The number of urea groups is 1. The summed E-state index contributed by atoms with van der Waals surface area (Å²) >= 11 is 0. The molecule has 38 heavy (non-hydrogen) atoms. The molecule has 0 atom stereocenters. The summed E-state index contributed by atoms with van der Waals surface area (Å²) in [6.07, 6.45) is -0.00486. The molecule has 0 aliphatic carbocycles. The summed E-state index contributed by atoms with van der Waals surface area (Å²) in [6.45, 7) is 9.23. The molecular weight excluding hydrogens is 503 g/mol. The first-order valence-corrected chi connectivity index (χ1v) is 12.9. The molecule has 2 fully saturated rings. The Hall–Kier alpha value is -3.51. The van der Waals surface area contributed by atoms with Crippen LogP contribution in [0.2, 0.25) is 0 Å². The molecule has 2 aliphatic heterocycles. The number of carbonyl (C=O) groups excluding carboxylic acids is 2. The van der Waals surface area contributed by atoms with Gasteiger partial charge in [0.15, 0.2) is 5.69 Å². The number of nitrogens with zero attached hydrogens (tertiary/aromatic N) is 5. The molecule has 4 rings (SSSR count). The minimum Gasteiger partial charge on any atom is -0.417 e. The molecule has 13 heteroatoms. The number of halogens is 3. The maximum absolute atomic E-state index is 13.6. The van der Waals surface area contributed by atoms with Gasteiger partial charge in [0.25, 0.3) is 11.9 Å². The van der Waals surface area contributed by atoms with E-state index in [1.54, 1.807) is 21.9 Å². The SMILES string of the molecule is CCC(C)(C)NC(=O)N1CCN(c2ccc(NC(=O)c3oc(N4CCCCC4)nc3C(F)(F)F)cn2)CC1. The molecule has 0 saturated carbocycles. The van der Waals surface area contributed by atoms with Crippen molar-refractivity contribution < 1.29 is 27.2 Å². The van der Waals surface area contributed by atoms with Gasteiger partial charge >= 0.3 is 12.2 Å². The van der Waals surface area contributed by atoms with Crippen molar-refractivity contribution in [1.82, 2.24) is 20.2 Å². The molecule has 0 aromatic carbocycles. The molecule has 0 spiro atoms. The molecule has 0 unspecified atom stereocenters. The molecule has 2 aliphatic rings. The van der Waals surface area contributed by atoms with Gasteiger partial charge in [-0.2, -0.15) is 18.2 Å². The van der Waals surface area contributed by atoms with Crippen molar-refractivity contribution in [3.05, 3.63) is 29.8 Å². The van der Waals surface area contributed by atoms with E-state index in [2.05, 4.69) is 20.6 Å². The van der Waals surface area contributed by atoms with Gasteiger partial charge in [-0.15, -0.1) is 0 Å². The average molecular weight is 538 g/mol. The van der Waals surface area contributed by atoms with E-state index in [0.29, 0.717) is 45.1 Å². The number of alkyl halides is 3. The fraction of sp³-hybridized carbons (Fsp3) is 0.600. The fourth-order valence-electron chi connectivity index (χ4n) is 4.31. The van der Waals surface area contributed by atoms with E-state index in [4.69, 9.17) is 4.42 Å². The second-order valence-corrected chi connectivity index (χ2v) is 10.2. The zero-order chi connectivity index (χ0) is 27.5. The molecule has 2 saturated heterocycles. The number of rotatable bonds is 6. The van der Waals surface area contributed by atoms with Gasteiger partial charge < -0.3 is 29.8 Å². The molecule has 0 radical (unpaired) electrons. The van der Waals surface area contributed by atoms with E-state index in [9.17, 15) is 22.8 Å². The van der Waals surface area contributed by atoms with Gasteiger partial charge in [-0.05, 0) is 51.7 Å². The summed E-state index contributed by atoms with van der Waals surface area (Å²) in [4.78, 5) is 38.6. The highest BCUT2D eigenvalue weighted by Crippen LogP contribution is 2.35. The maximum atomic E-state index is 13.6. The number of hydrogen-bond acceptors (Lipinski definition) is 7. The Balaban J connectivity index is 1.38. The van der Waals surface area contributed by atoms with Crippen LogP contribution in [0.15, 0.2) is 22.7 Å². The monoisotopic (exact) mass is 537 g/mol. The maximum Gasteiger partial charge on any atom is 0.437 e. The Morgan fingerprint density at radius 2 is 1.68 bits per heavy atom.